The molecule has 3 heterocycles. The van der Waals surface area contributed by atoms with Crippen molar-refractivity contribution < 1.29 is 4.74 Å². The highest BCUT2D eigenvalue weighted by Gasteiger charge is 2.37. The molecule has 0 aliphatic carbocycles. The topological polar surface area (TPSA) is 25.4 Å². The van der Waals surface area contributed by atoms with E-state index in [0.29, 0.717) is 16.6 Å². The average Bonchev–Trinajstić information content (AvgIpc) is 2.71. The fraction of sp³-hybridized carbons (Fsp3) is 0.700. The number of thiazole rings is 1. The van der Waals surface area contributed by atoms with Crippen molar-refractivity contribution in [2.75, 3.05) is 13.2 Å². The number of ether oxygens (including phenoxy) is 1. The first-order valence-electron chi connectivity index (χ1n) is 5.26. The van der Waals surface area contributed by atoms with E-state index in [1.807, 2.05) is 6.20 Å². The van der Waals surface area contributed by atoms with Gasteiger partial charge < -0.3 is 4.74 Å². The summed E-state index contributed by atoms with van der Waals surface area (Å²) in [6.07, 6.45) is 4.44. The maximum Gasteiger partial charge on any atom is 0.183 e. The third-order valence-electron chi connectivity index (χ3n) is 3.26. The summed E-state index contributed by atoms with van der Waals surface area (Å²) in [5.74, 6) is 0. The van der Waals surface area contributed by atoms with E-state index >= 15 is 0 Å². The Morgan fingerprint density at radius 2 is 2.20 bits per heavy atom. The molecular formula is C10H13ClN2OS. The number of rotatable bonds is 2. The number of aromatic nitrogens is 1. The Balaban J connectivity index is 1.73. The van der Waals surface area contributed by atoms with Gasteiger partial charge in [0.1, 0.15) is 0 Å². The van der Waals surface area contributed by atoms with Crippen LogP contribution in [0.2, 0.25) is 4.47 Å². The minimum absolute atomic E-state index is 0.615. The van der Waals surface area contributed by atoms with Crippen LogP contribution in [-0.2, 0) is 11.3 Å². The smallest absolute Gasteiger partial charge is 0.183 e. The highest BCUT2D eigenvalue weighted by molar-refractivity contribution is 7.15. The van der Waals surface area contributed by atoms with Gasteiger partial charge in [-0.05, 0) is 12.8 Å². The van der Waals surface area contributed by atoms with E-state index in [1.165, 1.54) is 17.7 Å². The van der Waals surface area contributed by atoms with Crippen molar-refractivity contribution in [3.05, 3.63) is 15.5 Å². The van der Waals surface area contributed by atoms with Crippen LogP contribution in [0.4, 0.5) is 0 Å². The summed E-state index contributed by atoms with van der Waals surface area (Å²) >= 11 is 7.42. The van der Waals surface area contributed by atoms with E-state index in [9.17, 15) is 0 Å². The Morgan fingerprint density at radius 1 is 1.47 bits per heavy atom. The first-order valence-corrected chi connectivity index (χ1v) is 6.46. The lowest BCUT2D eigenvalue weighted by atomic mass is 10.2. The standard InChI is InChI=1S/C10H13ClN2OS/c11-10-12-3-9(15-10)4-13-7-1-2-8(13)6-14-5-7/h3,7-8H,1-2,4-6H2. The molecule has 82 valence electrons. The SMILES string of the molecule is Clc1ncc(CN2C3CCC2COC3)s1. The molecule has 0 aromatic carbocycles. The van der Waals surface area contributed by atoms with E-state index in [4.69, 9.17) is 16.3 Å². The molecule has 3 nitrogen and oxygen atoms in total. The van der Waals surface area contributed by atoms with E-state index in [0.717, 1.165) is 19.8 Å². The molecule has 2 atom stereocenters. The van der Waals surface area contributed by atoms with E-state index in [1.54, 1.807) is 11.3 Å². The second-order valence-corrected chi connectivity index (χ2v) is 5.87. The Morgan fingerprint density at radius 3 is 2.80 bits per heavy atom. The fourth-order valence-electron chi connectivity index (χ4n) is 2.51. The van der Waals surface area contributed by atoms with Gasteiger partial charge in [0.05, 0.1) is 13.2 Å². The van der Waals surface area contributed by atoms with Crippen molar-refractivity contribution in [1.29, 1.82) is 0 Å². The van der Waals surface area contributed by atoms with Crippen LogP contribution in [0.25, 0.3) is 0 Å². The van der Waals surface area contributed by atoms with Crippen LogP contribution < -0.4 is 0 Å². The van der Waals surface area contributed by atoms with Crippen LogP contribution >= 0.6 is 22.9 Å². The largest absolute Gasteiger partial charge is 0.378 e. The van der Waals surface area contributed by atoms with E-state index < -0.39 is 0 Å². The number of halogens is 1. The van der Waals surface area contributed by atoms with Crippen molar-refractivity contribution in [2.24, 2.45) is 0 Å². The summed E-state index contributed by atoms with van der Waals surface area (Å²) in [6, 6.07) is 1.23. The lowest BCUT2D eigenvalue weighted by Crippen LogP contribution is -2.44. The molecule has 0 N–H and O–H groups in total. The highest BCUT2D eigenvalue weighted by Crippen LogP contribution is 2.31. The van der Waals surface area contributed by atoms with Gasteiger partial charge in [-0.25, -0.2) is 4.98 Å². The molecule has 1 aromatic rings. The quantitative estimate of drug-likeness (QED) is 0.797. The Bertz CT molecular complexity index is 341. The summed E-state index contributed by atoms with van der Waals surface area (Å²) in [7, 11) is 0. The van der Waals surface area contributed by atoms with Gasteiger partial charge in [-0.2, -0.15) is 0 Å². The second-order valence-electron chi connectivity index (χ2n) is 4.17. The predicted octanol–water partition coefficient (Wildman–Crippen LogP) is 2.16. The van der Waals surface area contributed by atoms with Crippen LogP contribution in [0.3, 0.4) is 0 Å². The molecule has 2 unspecified atom stereocenters. The number of hydrogen-bond acceptors (Lipinski definition) is 4. The van der Waals surface area contributed by atoms with Gasteiger partial charge in [0, 0.05) is 29.7 Å². The van der Waals surface area contributed by atoms with E-state index in [2.05, 4.69) is 9.88 Å². The number of nitrogens with zero attached hydrogens (tertiary/aromatic N) is 2. The second kappa shape index (κ2) is 4.01. The van der Waals surface area contributed by atoms with Crippen molar-refractivity contribution in [1.82, 2.24) is 9.88 Å². The Hall–Kier alpha value is -0.160. The Kier molecular flexibility index (Phi) is 2.68. The van der Waals surface area contributed by atoms with E-state index in [-0.39, 0.29) is 0 Å². The summed E-state index contributed by atoms with van der Waals surface area (Å²) < 4.78 is 6.19. The molecule has 2 saturated heterocycles. The highest BCUT2D eigenvalue weighted by atomic mass is 35.5. The third-order valence-corrected chi connectivity index (χ3v) is 4.35. The van der Waals surface area contributed by atoms with Gasteiger partial charge in [-0.3, -0.25) is 4.90 Å². The molecule has 15 heavy (non-hydrogen) atoms. The molecule has 0 spiro atoms. The molecule has 0 saturated carbocycles. The monoisotopic (exact) mass is 244 g/mol. The maximum atomic E-state index is 5.83. The Labute approximate surface area is 98.0 Å². The minimum Gasteiger partial charge on any atom is -0.378 e. The van der Waals surface area contributed by atoms with Gasteiger partial charge in [-0.15, -0.1) is 11.3 Å². The average molecular weight is 245 g/mol. The molecule has 1 aromatic heterocycles. The summed E-state index contributed by atoms with van der Waals surface area (Å²) in [4.78, 5) is 7.89. The molecule has 2 bridgehead atoms. The van der Waals surface area contributed by atoms with Crippen LogP contribution in [-0.4, -0.2) is 35.2 Å². The zero-order chi connectivity index (χ0) is 10.3. The molecular weight excluding hydrogens is 232 g/mol. The number of hydrogen-bond donors (Lipinski definition) is 0. The van der Waals surface area contributed by atoms with Gasteiger partial charge in [-0.1, -0.05) is 11.6 Å². The van der Waals surface area contributed by atoms with Crippen molar-refractivity contribution in [3.63, 3.8) is 0 Å². The molecule has 2 aliphatic rings. The molecule has 5 heteroatoms. The van der Waals surface area contributed by atoms with Crippen LogP contribution in [0.5, 0.6) is 0 Å². The van der Waals surface area contributed by atoms with Crippen LogP contribution in [0.15, 0.2) is 6.20 Å². The van der Waals surface area contributed by atoms with Crippen LogP contribution in [0, 0.1) is 0 Å². The van der Waals surface area contributed by atoms with Crippen molar-refractivity contribution >= 4 is 22.9 Å². The first kappa shape index (κ1) is 10.0. The van der Waals surface area contributed by atoms with Crippen LogP contribution in [0.1, 0.15) is 17.7 Å². The lowest BCUT2D eigenvalue weighted by molar-refractivity contribution is -0.0182. The summed E-state index contributed by atoms with van der Waals surface area (Å²) in [6.45, 7) is 2.77. The number of fused-ring (bicyclic) bond motifs is 2. The fourth-order valence-corrected chi connectivity index (χ4v) is 3.49. The summed E-state index contributed by atoms with van der Waals surface area (Å²) in [5.41, 5.74) is 0. The molecule has 2 fully saturated rings. The first-order chi connectivity index (χ1) is 7.33. The van der Waals surface area contributed by atoms with Gasteiger partial charge in [0.15, 0.2) is 4.47 Å². The molecule has 2 aliphatic heterocycles. The molecule has 0 amide bonds. The van der Waals surface area contributed by atoms with Crippen molar-refractivity contribution in [2.45, 2.75) is 31.5 Å². The minimum atomic E-state index is 0.615. The lowest BCUT2D eigenvalue weighted by Gasteiger charge is -2.34. The van der Waals surface area contributed by atoms with Gasteiger partial charge in [0.25, 0.3) is 0 Å². The zero-order valence-corrected chi connectivity index (χ0v) is 9.93. The zero-order valence-electron chi connectivity index (χ0n) is 8.36. The number of morpholine rings is 1. The molecule has 3 rings (SSSR count). The maximum absolute atomic E-state index is 5.83. The predicted molar refractivity (Wildman–Crippen MR) is 60.3 cm³/mol. The van der Waals surface area contributed by atoms with Gasteiger partial charge in [0.2, 0.25) is 0 Å². The molecule has 0 radical (unpaired) electrons. The summed E-state index contributed by atoms with van der Waals surface area (Å²) in [5, 5.41) is 0. The third kappa shape index (κ3) is 1.91. The normalized spacial score (nSPS) is 31.0. The van der Waals surface area contributed by atoms with Crippen molar-refractivity contribution in [3.8, 4) is 0 Å². The van der Waals surface area contributed by atoms with Gasteiger partial charge >= 0.3 is 0 Å².